The highest BCUT2D eigenvalue weighted by Gasteiger charge is 2.12. The molecule has 1 atom stereocenters. The number of nitrogens with zero attached hydrogens (tertiary/aromatic N) is 5. The Hall–Kier alpha value is -3.45. The maximum absolute atomic E-state index is 5.88. The van der Waals surface area contributed by atoms with Crippen molar-refractivity contribution in [2.75, 3.05) is 0 Å². The summed E-state index contributed by atoms with van der Waals surface area (Å²) in [6, 6.07) is 18.1. The molecule has 0 spiro atoms. The second-order valence-corrected chi connectivity index (χ2v) is 7.02. The molecule has 0 aliphatic carbocycles. The molecule has 2 heterocycles. The zero-order valence-corrected chi connectivity index (χ0v) is 16.6. The second-order valence-electron chi connectivity index (χ2n) is 7.02. The van der Waals surface area contributed by atoms with Crippen LogP contribution in [0.4, 0.5) is 0 Å². The number of hydrogen-bond donors (Lipinski definition) is 1. The second kappa shape index (κ2) is 8.70. The number of hydrogen-bond acceptors (Lipinski definition) is 5. The van der Waals surface area contributed by atoms with Gasteiger partial charge in [-0.2, -0.15) is 10.2 Å². The molecule has 4 rings (SSSR count). The van der Waals surface area contributed by atoms with Crippen molar-refractivity contribution in [2.45, 2.75) is 26.1 Å². The lowest BCUT2D eigenvalue weighted by Crippen LogP contribution is -2.30. The fourth-order valence-corrected chi connectivity index (χ4v) is 3.17. The van der Waals surface area contributed by atoms with E-state index in [0.29, 0.717) is 0 Å². The van der Waals surface area contributed by atoms with E-state index in [9.17, 15) is 0 Å². The van der Waals surface area contributed by atoms with Crippen LogP contribution < -0.4 is 10.1 Å². The zero-order valence-electron chi connectivity index (χ0n) is 16.6. The molecule has 0 aliphatic heterocycles. The Morgan fingerprint density at radius 2 is 1.79 bits per heavy atom. The standard InChI is InChI=1S/C22H24N6O/c1-17(13-28-16-23-15-25-28)24-12-19-14-27(2)26-22(19)18-8-10-21(11-9-18)29-20-6-4-3-5-7-20/h3-11,14-17,24H,12-13H2,1-2H3. The van der Waals surface area contributed by atoms with Gasteiger partial charge in [-0.05, 0) is 43.3 Å². The third kappa shape index (κ3) is 4.89. The molecular formula is C22H24N6O. The molecule has 1 N–H and O–H groups in total. The molecule has 1 unspecified atom stereocenters. The molecule has 0 amide bonds. The molecular weight excluding hydrogens is 364 g/mol. The Balaban J connectivity index is 1.43. The number of para-hydroxylation sites is 1. The van der Waals surface area contributed by atoms with Gasteiger partial charge in [0.25, 0.3) is 0 Å². The van der Waals surface area contributed by atoms with Crippen molar-refractivity contribution in [1.29, 1.82) is 0 Å². The van der Waals surface area contributed by atoms with Crippen molar-refractivity contribution in [3.63, 3.8) is 0 Å². The van der Waals surface area contributed by atoms with E-state index in [1.54, 1.807) is 12.7 Å². The lowest BCUT2D eigenvalue weighted by atomic mass is 10.1. The topological polar surface area (TPSA) is 69.8 Å². The highest BCUT2D eigenvalue weighted by Crippen LogP contribution is 2.27. The summed E-state index contributed by atoms with van der Waals surface area (Å²) in [6.45, 7) is 3.62. The Bertz CT molecular complexity index is 1030. The minimum Gasteiger partial charge on any atom is -0.457 e. The van der Waals surface area contributed by atoms with E-state index in [4.69, 9.17) is 4.74 Å². The molecule has 0 saturated heterocycles. The monoisotopic (exact) mass is 388 g/mol. The highest BCUT2D eigenvalue weighted by atomic mass is 16.5. The van der Waals surface area contributed by atoms with Gasteiger partial charge in [0.15, 0.2) is 0 Å². The lowest BCUT2D eigenvalue weighted by Gasteiger charge is -2.13. The largest absolute Gasteiger partial charge is 0.457 e. The van der Waals surface area contributed by atoms with E-state index in [1.165, 1.54) is 0 Å². The minimum absolute atomic E-state index is 0.256. The Morgan fingerprint density at radius 3 is 2.52 bits per heavy atom. The molecule has 7 nitrogen and oxygen atoms in total. The number of aryl methyl sites for hydroxylation is 1. The van der Waals surface area contributed by atoms with E-state index >= 15 is 0 Å². The third-order valence-electron chi connectivity index (χ3n) is 4.58. The third-order valence-corrected chi connectivity index (χ3v) is 4.58. The fraction of sp³-hybridized carbons (Fsp3) is 0.227. The van der Waals surface area contributed by atoms with Gasteiger partial charge in [-0.15, -0.1) is 0 Å². The van der Waals surface area contributed by atoms with E-state index in [-0.39, 0.29) is 6.04 Å². The summed E-state index contributed by atoms with van der Waals surface area (Å²) in [5.41, 5.74) is 3.18. The maximum Gasteiger partial charge on any atom is 0.137 e. The first-order chi connectivity index (χ1) is 14.2. The van der Waals surface area contributed by atoms with Crippen molar-refractivity contribution in [1.82, 2.24) is 29.9 Å². The maximum atomic E-state index is 5.88. The Labute approximate surface area is 170 Å². The van der Waals surface area contributed by atoms with Gasteiger partial charge in [0, 0.05) is 37.0 Å². The van der Waals surface area contributed by atoms with Crippen LogP contribution >= 0.6 is 0 Å². The molecule has 4 aromatic rings. The predicted molar refractivity (Wildman–Crippen MR) is 111 cm³/mol. The molecule has 2 aromatic heterocycles. The average molecular weight is 388 g/mol. The van der Waals surface area contributed by atoms with Crippen LogP contribution in [0.15, 0.2) is 73.4 Å². The molecule has 29 heavy (non-hydrogen) atoms. The van der Waals surface area contributed by atoms with E-state index < -0.39 is 0 Å². The molecule has 7 heteroatoms. The first kappa shape index (κ1) is 18.9. The summed E-state index contributed by atoms with van der Waals surface area (Å²) in [7, 11) is 1.94. The minimum atomic E-state index is 0.256. The molecule has 0 fully saturated rings. The first-order valence-corrected chi connectivity index (χ1v) is 9.59. The van der Waals surface area contributed by atoms with Crippen LogP contribution in [0.25, 0.3) is 11.3 Å². The quantitative estimate of drug-likeness (QED) is 0.499. The lowest BCUT2D eigenvalue weighted by molar-refractivity contribution is 0.450. The van der Waals surface area contributed by atoms with E-state index in [1.807, 2.05) is 71.0 Å². The van der Waals surface area contributed by atoms with Crippen molar-refractivity contribution >= 4 is 0 Å². The van der Waals surface area contributed by atoms with Gasteiger partial charge in [-0.3, -0.25) is 9.36 Å². The van der Waals surface area contributed by atoms with Crippen molar-refractivity contribution in [3.05, 3.63) is 79.0 Å². The van der Waals surface area contributed by atoms with Crippen LogP contribution in [0.5, 0.6) is 11.5 Å². The molecule has 0 bridgehead atoms. The molecule has 2 aromatic carbocycles. The summed E-state index contributed by atoms with van der Waals surface area (Å²) < 4.78 is 9.56. The first-order valence-electron chi connectivity index (χ1n) is 9.59. The van der Waals surface area contributed by atoms with Gasteiger partial charge in [0.2, 0.25) is 0 Å². The fourth-order valence-electron chi connectivity index (χ4n) is 3.17. The van der Waals surface area contributed by atoms with Crippen LogP contribution in [-0.2, 0) is 20.1 Å². The van der Waals surface area contributed by atoms with Gasteiger partial charge in [-0.1, -0.05) is 18.2 Å². The highest BCUT2D eigenvalue weighted by molar-refractivity contribution is 5.63. The SMILES string of the molecule is CC(Cn1cncn1)NCc1cn(C)nc1-c1ccc(Oc2ccccc2)cc1. The summed E-state index contributed by atoms with van der Waals surface area (Å²) in [4.78, 5) is 3.98. The molecule has 0 aliphatic rings. The summed E-state index contributed by atoms with van der Waals surface area (Å²) in [5, 5.41) is 12.4. The zero-order chi connectivity index (χ0) is 20.1. The molecule has 148 valence electrons. The molecule has 0 radical (unpaired) electrons. The van der Waals surface area contributed by atoms with Crippen molar-refractivity contribution < 1.29 is 4.74 Å². The number of nitrogens with one attached hydrogen (secondary N) is 1. The van der Waals surface area contributed by atoms with E-state index in [0.717, 1.165) is 41.4 Å². The molecule has 0 saturated carbocycles. The van der Waals surface area contributed by atoms with Gasteiger partial charge in [0.05, 0.1) is 12.2 Å². The Morgan fingerprint density at radius 1 is 1.03 bits per heavy atom. The van der Waals surface area contributed by atoms with Crippen LogP contribution in [0.2, 0.25) is 0 Å². The van der Waals surface area contributed by atoms with Crippen LogP contribution in [-0.4, -0.2) is 30.6 Å². The normalized spacial score (nSPS) is 12.1. The van der Waals surface area contributed by atoms with Crippen molar-refractivity contribution in [3.8, 4) is 22.8 Å². The van der Waals surface area contributed by atoms with Gasteiger partial charge < -0.3 is 10.1 Å². The predicted octanol–water partition coefficient (Wildman–Crippen LogP) is 3.65. The smallest absolute Gasteiger partial charge is 0.137 e. The summed E-state index contributed by atoms with van der Waals surface area (Å²) >= 11 is 0. The van der Waals surface area contributed by atoms with Crippen LogP contribution in [0.3, 0.4) is 0 Å². The Kier molecular flexibility index (Phi) is 5.67. The van der Waals surface area contributed by atoms with Crippen molar-refractivity contribution in [2.24, 2.45) is 7.05 Å². The van der Waals surface area contributed by atoms with Gasteiger partial charge in [-0.25, -0.2) is 4.98 Å². The number of rotatable bonds is 8. The number of ether oxygens (including phenoxy) is 1. The van der Waals surface area contributed by atoms with Gasteiger partial charge in [0.1, 0.15) is 24.2 Å². The summed E-state index contributed by atoms with van der Waals surface area (Å²) in [6.07, 6.45) is 5.34. The number of benzene rings is 2. The summed E-state index contributed by atoms with van der Waals surface area (Å²) in [5.74, 6) is 1.63. The van der Waals surface area contributed by atoms with E-state index in [2.05, 4.69) is 33.6 Å². The van der Waals surface area contributed by atoms with Gasteiger partial charge >= 0.3 is 0 Å². The number of aromatic nitrogens is 5. The average Bonchev–Trinajstić information content (AvgIpc) is 3.37. The van der Waals surface area contributed by atoms with Crippen LogP contribution in [0, 0.1) is 0 Å². The van der Waals surface area contributed by atoms with Crippen LogP contribution in [0.1, 0.15) is 12.5 Å².